The maximum atomic E-state index is 5.54. The number of hydrogen-bond donors (Lipinski definition) is 2. The number of benzene rings is 1. The van der Waals surface area contributed by atoms with Crippen molar-refractivity contribution in [2.75, 3.05) is 47.4 Å². The first-order valence-corrected chi connectivity index (χ1v) is 9.22. The molecule has 1 fully saturated rings. The lowest BCUT2D eigenvalue weighted by atomic mass is 9.88. The lowest BCUT2D eigenvalue weighted by Gasteiger charge is -2.43. The molecule has 0 unspecified atom stereocenters. The van der Waals surface area contributed by atoms with Crippen molar-refractivity contribution in [3.63, 3.8) is 0 Å². The highest BCUT2D eigenvalue weighted by atomic mass is 16.5. The van der Waals surface area contributed by atoms with E-state index in [0.717, 1.165) is 51.5 Å². The van der Waals surface area contributed by atoms with Crippen LogP contribution in [-0.4, -0.2) is 63.8 Å². The largest absolute Gasteiger partial charge is 0.381 e. The molecule has 1 aromatic carbocycles. The molecule has 0 amide bonds. The molecule has 1 aliphatic rings. The van der Waals surface area contributed by atoms with Crippen molar-refractivity contribution in [1.29, 1.82) is 0 Å². The number of rotatable bonds is 6. The van der Waals surface area contributed by atoms with Crippen molar-refractivity contribution in [2.24, 2.45) is 4.99 Å². The molecule has 0 spiro atoms. The molecule has 0 aromatic heterocycles. The third kappa shape index (κ3) is 5.72. The Hall–Kier alpha value is -1.59. The van der Waals surface area contributed by atoms with E-state index in [1.54, 1.807) is 0 Å². The van der Waals surface area contributed by atoms with E-state index in [2.05, 4.69) is 66.7 Å². The first kappa shape index (κ1) is 19.7. The second-order valence-electron chi connectivity index (χ2n) is 7.33. The molecule has 0 bridgehead atoms. The summed E-state index contributed by atoms with van der Waals surface area (Å²) < 4.78 is 5.54. The fraction of sp³-hybridized carbons (Fsp3) is 0.650. The number of guanidine groups is 1. The Morgan fingerprint density at radius 3 is 2.32 bits per heavy atom. The average molecular weight is 347 g/mol. The molecular weight excluding hydrogens is 312 g/mol. The Bertz CT molecular complexity index is 557. The van der Waals surface area contributed by atoms with Gasteiger partial charge in [0.15, 0.2) is 5.96 Å². The van der Waals surface area contributed by atoms with Crippen LogP contribution in [0, 0.1) is 13.8 Å². The van der Waals surface area contributed by atoms with Gasteiger partial charge in [0.05, 0.1) is 0 Å². The number of hydrogen-bond acceptors (Lipinski definition) is 3. The summed E-state index contributed by atoms with van der Waals surface area (Å²) in [6.45, 7) is 7.72. The smallest absolute Gasteiger partial charge is 0.191 e. The minimum Gasteiger partial charge on any atom is -0.381 e. The van der Waals surface area contributed by atoms with Gasteiger partial charge in [0.2, 0.25) is 0 Å². The Morgan fingerprint density at radius 2 is 1.76 bits per heavy atom. The number of nitrogens with zero attached hydrogens (tertiary/aromatic N) is 2. The van der Waals surface area contributed by atoms with Crippen LogP contribution < -0.4 is 10.6 Å². The van der Waals surface area contributed by atoms with Crippen molar-refractivity contribution >= 4 is 5.96 Å². The van der Waals surface area contributed by atoms with Gasteiger partial charge in [-0.3, -0.25) is 4.99 Å². The Kier molecular flexibility index (Phi) is 7.26. The molecule has 1 aliphatic heterocycles. The quantitative estimate of drug-likeness (QED) is 0.612. The van der Waals surface area contributed by atoms with Crippen LogP contribution in [0.1, 0.15) is 29.5 Å². The molecule has 1 saturated heterocycles. The fourth-order valence-corrected chi connectivity index (χ4v) is 3.54. The lowest BCUT2D eigenvalue weighted by molar-refractivity contribution is -0.00500. The third-order valence-corrected chi connectivity index (χ3v) is 5.17. The van der Waals surface area contributed by atoms with Crippen molar-refractivity contribution < 1.29 is 4.74 Å². The Balaban J connectivity index is 1.84. The van der Waals surface area contributed by atoms with E-state index in [-0.39, 0.29) is 5.54 Å². The van der Waals surface area contributed by atoms with E-state index >= 15 is 0 Å². The van der Waals surface area contributed by atoms with Crippen LogP contribution in [0.5, 0.6) is 0 Å². The van der Waals surface area contributed by atoms with Gasteiger partial charge in [-0.1, -0.05) is 29.3 Å². The normalized spacial score (nSPS) is 17.6. The van der Waals surface area contributed by atoms with Crippen LogP contribution in [0.15, 0.2) is 23.2 Å². The number of aryl methyl sites for hydroxylation is 2. The summed E-state index contributed by atoms with van der Waals surface area (Å²) >= 11 is 0. The van der Waals surface area contributed by atoms with E-state index in [1.165, 1.54) is 16.7 Å². The maximum absolute atomic E-state index is 5.54. The highest BCUT2D eigenvalue weighted by molar-refractivity contribution is 5.79. The zero-order valence-electron chi connectivity index (χ0n) is 16.5. The lowest BCUT2D eigenvalue weighted by Crippen LogP contribution is -2.57. The van der Waals surface area contributed by atoms with Crippen LogP contribution in [-0.2, 0) is 11.2 Å². The van der Waals surface area contributed by atoms with E-state index in [0.29, 0.717) is 0 Å². The molecule has 2 rings (SSSR count). The standard InChI is InChI=1S/C20H34N4O/c1-16-12-17(2)14-18(13-16)6-9-22-19(21-3)23-15-20(24(4)5)7-10-25-11-8-20/h12-14H,6-11,15H2,1-5H3,(H2,21,22,23). The van der Waals surface area contributed by atoms with Crippen molar-refractivity contribution in [3.05, 3.63) is 34.9 Å². The molecule has 140 valence electrons. The monoisotopic (exact) mass is 346 g/mol. The second-order valence-corrected chi connectivity index (χ2v) is 7.33. The molecule has 1 heterocycles. The van der Waals surface area contributed by atoms with Crippen LogP contribution in [0.3, 0.4) is 0 Å². The summed E-state index contributed by atoms with van der Waals surface area (Å²) in [6.07, 6.45) is 3.09. The zero-order chi connectivity index (χ0) is 18.3. The second kappa shape index (κ2) is 9.20. The summed E-state index contributed by atoms with van der Waals surface area (Å²) in [7, 11) is 6.14. The van der Waals surface area contributed by atoms with Gasteiger partial charge in [-0.15, -0.1) is 0 Å². The van der Waals surface area contributed by atoms with Gasteiger partial charge in [0.25, 0.3) is 0 Å². The first-order chi connectivity index (χ1) is 11.9. The Morgan fingerprint density at radius 1 is 1.12 bits per heavy atom. The first-order valence-electron chi connectivity index (χ1n) is 9.22. The molecule has 0 aliphatic carbocycles. The predicted octanol–water partition coefficient (Wildman–Crippen LogP) is 2.12. The van der Waals surface area contributed by atoms with Gasteiger partial charge in [-0.25, -0.2) is 0 Å². The number of ether oxygens (including phenoxy) is 1. The molecule has 5 heteroatoms. The van der Waals surface area contributed by atoms with Gasteiger partial charge in [-0.05, 0) is 52.8 Å². The van der Waals surface area contributed by atoms with Crippen molar-refractivity contribution in [1.82, 2.24) is 15.5 Å². The van der Waals surface area contributed by atoms with Crippen LogP contribution in [0.4, 0.5) is 0 Å². The van der Waals surface area contributed by atoms with Crippen LogP contribution in [0.2, 0.25) is 0 Å². The summed E-state index contributed by atoms with van der Waals surface area (Å²) in [5.41, 5.74) is 4.16. The minimum absolute atomic E-state index is 0.142. The third-order valence-electron chi connectivity index (χ3n) is 5.17. The zero-order valence-corrected chi connectivity index (χ0v) is 16.5. The van der Waals surface area contributed by atoms with Crippen molar-refractivity contribution in [2.45, 2.75) is 38.6 Å². The molecule has 0 radical (unpaired) electrons. The van der Waals surface area contributed by atoms with Gasteiger partial charge >= 0.3 is 0 Å². The molecule has 2 N–H and O–H groups in total. The summed E-state index contributed by atoms with van der Waals surface area (Å²) in [5, 5.41) is 6.95. The highest BCUT2D eigenvalue weighted by Crippen LogP contribution is 2.24. The van der Waals surface area contributed by atoms with E-state index in [1.807, 2.05) is 7.05 Å². The van der Waals surface area contributed by atoms with Gasteiger partial charge < -0.3 is 20.3 Å². The van der Waals surface area contributed by atoms with E-state index in [9.17, 15) is 0 Å². The number of nitrogens with one attached hydrogen (secondary N) is 2. The van der Waals surface area contributed by atoms with E-state index in [4.69, 9.17) is 4.74 Å². The molecule has 0 atom stereocenters. The molecule has 25 heavy (non-hydrogen) atoms. The predicted molar refractivity (Wildman–Crippen MR) is 105 cm³/mol. The number of aliphatic imine (C=N–C) groups is 1. The molecule has 5 nitrogen and oxygen atoms in total. The van der Waals surface area contributed by atoms with Gasteiger partial charge in [0.1, 0.15) is 0 Å². The van der Waals surface area contributed by atoms with Crippen LogP contribution >= 0.6 is 0 Å². The topological polar surface area (TPSA) is 48.9 Å². The molecule has 0 saturated carbocycles. The Labute approximate surface area is 152 Å². The molecular formula is C20H34N4O. The summed E-state index contributed by atoms with van der Waals surface area (Å²) in [4.78, 5) is 6.70. The van der Waals surface area contributed by atoms with Gasteiger partial charge in [-0.2, -0.15) is 0 Å². The summed E-state index contributed by atoms with van der Waals surface area (Å²) in [5.74, 6) is 0.872. The van der Waals surface area contributed by atoms with E-state index < -0.39 is 0 Å². The average Bonchev–Trinajstić information content (AvgIpc) is 2.57. The molecule has 1 aromatic rings. The fourth-order valence-electron chi connectivity index (χ4n) is 3.54. The van der Waals surface area contributed by atoms with Crippen LogP contribution in [0.25, 0.3) is 0 Å². The minimum atomic E-state index is 0.142. The summed E-state index contributed by atoms with van der Waals surface area (Å²) in [6, 6.07) is 6.73. The SMILES string of the molecule is CN=C(NCCc1cc(C)cc(C)c1)NCC1(N(C)C)CCOCC1. The highest BCUT2D eigenvalue weighted by Gasteiger charge is 2.34. The van der Waals surface area contributed by atoms with Crippen molar-refractivity contribution in [3.8, 4) is 0 Å². The van der Waals surface area contributed by atoms with Gasteiger partial charge in [0, 0.05) is 38.9 Å². The maximum Gasteiger partial charge on any atom is 0.191 e. The number of likely N-dealkylation sites (N-methyl/N-ethyl adjacent to an activating group) is 1.